The average molecular weight is 371 g/mol. The van der Waals surface area contributed by atoms with Gasteiger partial charge in [-0.05, 0) is 36.1 Å². The maximum atomic E-state index is 13.1. The molecule has 2 bridgehead atoms. The van der Waals surface area contributed by atoms with E-state index in [2.05, 4.69) is 27.0 Å². The largest absolute Gasteiger partial charge is 0.344 e. The van der Waals surface area contributed by atoms with Crippen LogP contribution in [0.1, 0.15) is 29.2 Å². The molecule has 4 heterocycles. The molecule has 6 heteroatoms. The molecule has 0 unspecified atom stereocenters. The number of nitriles is 1. The number of benzene rings is 1. The summed E-state index contributed by atoms with van der Waals surface area (Å²) < 4.78 is 1.96. The Kier molecular flexibility index (Phi) is 4.10. The summed E-state index contributed by atoms with van der Waals surface area (Å²) >= 11 is 0. The summed E-state index contributed by atoms with van der Waals surface area (Å²) in [7, 11) is 0. The van der Waals surface area contributed by atoms with Gasteiger partial charge in [0.2, 0.25) is 0 Å². The first-order valence-corrected chi connectivity index (χ1v) is 9.67. The fraction of sp³-hybridized carbons (Fsp3) is 0.318. The van der Waals surface area contributed by atoms with Crippen LogP contribution < -0.4 is 5.56 Å². The fourth-order valence-corrected chi connectivity index (χ4v) is 4.78. The van der Waals surface area contributed by atoms with Crippen LogP contribution >= 0.6 is 0 Å². The molecule has 0 amide bonds. The molecular weight excluding hydrogens is 350 g/mol. The van der Waals surface area contributed by atoms with E-state index in [9.17, 15) is 10.1 Å². The third-order valence-electron chi connectivity index (χ3n) is 5.96. The van der Waals surface area contributed by atoms with Crippen molar-refractivity contribution in [1.82, 2.24) is 19.4 Å². The molecule has 1 N–H and O–H groups in total. The van der Waals surface area contributed by atoms with Crippen LogP contribution in [-0.4, -0.2) is 32.5 Å². The van der Waals surface area contributed by atoms with Gasteiger partial charge >= 0.3 is 0 Å². The Morgan fingerprint density at radius 1 is 1.18 bits per heavy atom. The number of aromatic amines is 1. The molecule has 0 spiro atoms. The number of fused-ring (bicyclic) bond motifs is 4. The Labute approximate surface area is 163 Å². The van der Waals surface area contributed by atoms with E-state index in [-0.39, 0.29) is 5.56 Å². The summed E-state index contributed by atoms with van der Waals surface area (Å²) in [6.07, 6.45) is 4.53. The predicted octanol–water partition coefficient (Wildman–Crippen LogP) is 2.73. The van der Waals surface area contributed by atoms with Crippen LogP contribution in [-0.2, 0) is 13.1 Å². The third kappa shape index (κ3) is 2.85. The van der Waals surface area contributed by atoms with Gasteiger partial charge in [0.05, 0.1) is 17.2 Å². The molecule has 5 rings (SSSR count). The first-order chi connectivity index (χ1) is 13.7. The molecule has 0 radical (unpaired) electrons. The number of imidazole rings is 1. The standard InChI is InChI=1S/C22H21N5O/c23-10-16-3-1-2-4-17(16)13-26-11-15-9-18(14-26)20-6-5-19(21-24-7-8-25-21)22(28)27(20)12-15/h1-8,15,18H,9,11-14H2,(H,24,25)/t15-,18+/m0/s1. The van der Waals surface area contributed by atoms with Crippen molar-refractivity contribution in [2.45, 2.75) is 25.4 Å². The maximum Gasteiger partial charge on any atom is 0.261 e. The summed E-state index contributed by atoms with van der Waals surface area (Å²) in [6.45, 7) is 3.39. The SMILES string of the molecule is N#Cc1ccccc1CN1C[C@@H]2C[C@H](C1)c1ccc(-c3ncc[nH]3)c(=O)n1C2. The number of likely N-dealkylation sites (tertiary alicyclic amines) is 1. The molecule has 2 aromatic heterocycles. The number of pyridine rings is 1. The molecule has 2 atom stereocenters. The Morgan fingerprint density at radius 3 is 2.89 bits per heavy atom. The summed E-state index contributed by atoms with van der Waals surface area (Å²) in [5, 5.41) is 9.36. The zero-order valence-electron chi connectivity index (χ0n) is 15.5. The smallest absolute Gasteiger partial charge is 0.261 e. The van der Waals surface area contributed by atoms with Crippen molar-refractivity contribution >= 4 is 0 Å². The Hall–Kier alpha value is -3.17. The molecule has 0 aliphatic carbocycles. The lowest BCUT2D eigenvalue weighted by Crippen LogP contribution is -2.47. The minimum absolute atomic E-state index is 0.0467. The van der Waals surface area contributed by atoms with Gasteiger partial charge < -0.3 is 9.55 Å². The molecule has 140 valence electrons. The highest BCUT2D eigenvalue weighted by Gasteiger charge is 2.35. The van der Waals surface area contributed by atoms with E-state index < -0.39 is 0 Å². The van der Waals surface area contributed by atoms with Crippen LogP contribution in [0, 0.1) is 17.2 Å². The van der Waals surface area contributed by atoms with Crippen molar-refractivity contribution in [1.29, 1.82) is 5.26 Å². The fourth-order valence-electron chi connectivity index (χ4n) is 4.78. The highest BCUT2D eigenvalue weighted by Crippen LogP contribution is 2.36. The molecule has 3 aromatic rings. The van der Waals surface area contributed by atoms with Gasteiger partial charge in [-0.25, -0.2) is 4.98 Å². The number of H-pyrrole nitrogens is 1. The number of nitrogens with zero attached hydrogens (tertiary/aromatic N) is 4. The van der Waals surface area contributed by atoms with Crippen LogP contribution in [0.5, 0.6) is 0 Å². The van der Waals surface area contributed by atoms with Gasteiger partial charge in [0.1, 0.15) is 5.82 Å². The zero-order chi connectivity index (χ0) is 19.1. The molecule has 1 saturated heterocycles. The van der Waals surface area contributed by atoms with Crippen molar-refractivity contribution in [3.05, 3.63) is 76.0 Å². The normalized spacial score (nSPS) is 21.1. The molecular formula is C22H21N5O. The second-order valence-corrected chi connectivity index (χ2v) is 7.79. The van der Waals surface area contributed by atoms with Gasteiger partial charge in [-0.1, -0.05) is 18.2 Å². The van der Waals surface area contributed by atoms with Crippen molar-refractivity contribution in [3.8, 4) is 17.5 Å². The second-order valence-electron chi connectivity index (χ2n) is 7.79. The summed E-state index contributed by atoms with van der Waals surface area (Å²) in [5.74, 6) is 1.43. The zero-order valence-corrected chi connectivity index (χ0v) is 15.5. The highest BCUT2D eigenvalue weighted by atomic mass is 16.1. The number of hydrogen-bond donors (Lipinski definition) is 1. The van der Waals surface area contributed by atoms with E-state index in [0.29, 0.717) is 23.2 Å². The second kappa shape index (κ2) is 6.77. The van der Waals surface area contributed by atoms with E-state index in [1.807, 2.05) is 34.9 Å². The molecule has 28 heavy (non-hydrogen) atoms. The molecule has 1 aromatic carbocycles. The lowest BCUT2D eigenvalue weighted by atomic mass is 9.82. The van der Waals surface area contributed by atoms with Crippen molar-refractivity contribution in [2.75, 3.05) is 13.1 Å². The number of nitrogens with one attached hydrogen (secondary N) is 1. The van der Waals surface area contributed by atoms with E-state index in [1.165, 1.54) is 0 Å². The summed E-state index contributed by atoms with van der Waals surface area (Å²) in [5.41, 5.74) is 3.63. The minimum Gasteiger partial charge on any atom is -0.344 e. The van der Waals surface area contributed by atoms with Crippen molar-refractivity contribution in [3.63, 3.8) is 0 Å². The van der Waals surface area contributed by atoms with Gasteiger partial charge in [0, 0.05) is 50.2 Å². The van der Waals surface area contributed by atoms with Crippen molar-refractivity contribution in [2.24, 2.45) is 5.92 Å². The lowest BCUT2D eigenvalue weighted by Gasteiger charge is -2.43. The van der Waals surface area contributed by atoms with Gasteiger partial charge in [-0.3, -0.25) is 9.69 Å². The summed E-state index contributed by atoms with van der Waals surface area (Å²) in [4.78, 5) is 22.8. The van der Waals surface area contributed by atoms with E-state index >= 15 is 0 Å². The average Bonchev–Trinajstić information content (AvgIpc) is 3.24. The monoisotopic (exact) mass is 371 g/mol. The van der Waals surface area contributed by atoms with E-state index in [1.54, 1.807) is 12.4 Å². The Morgan fingerprint density at radius 2 is 2.07 bits per heavy atom. The van der Waals surface area contributed by atoms with Gasteiger partial charge in [0.15, 0.2) is 0 Å². The molecule has 0 saturated carbocycles. The van der Waals surface area contributed by atoms with Crippen LogP contribution in [0.4, 0.5) is 0 Å². The molecule has 6 nitrogen and oxygen atoms in total. The number of hydrogen-bond acceptors (Lipinski definition) is 4. The van der Waals surface area contributed by atoms with Crippen LogP contribution in [0.2, 0.25) is 0 Å². The van der Waals surface area contributed by atoms with E-state index in [4.69, 9.17) is 0 Å². The highest BCUT2D eigenvalue weighted by molar-refractivity contribution is 5.53. The Balaban J connectivity index is 1.43. The van der Waals surface area contributed by atoms with E-state index in [0.717, 1.165) is 49.4 Å². The lowest BCUT2D eigenvalue weighted by molar-refractivity contribution is 0.114. The number of aromatic nitrogens is 3. The topological polar surface area (TPSA) is 77.7 Å². The quantitative estimate of drug-likeness (QED) is 0.768. The van der Waals surface area contributed by atoms with Crippen molar-refractivity contribution < 1.29 is 0 Å². The van der Waals surface area contributed by atoms with Crippen LogP contribution in [0.25, 0.3) is 11.4 Å². The Bertz CT molecular complexity index is 1110. The third-order valence-corrected chi connectivity index (χ3v) is 5.96. The van der Waals surface area contributed by atoms with Crippen LogP contribution in [0.3, 0.4) is 0 Å². The van der Waals surface area contributed by atoms with Crippen LogP contribution in [0.15, 0.2) is 53.6 Å². The maximum absolute atomic E-state index is 13.1. The first kappa shape index (κ1) is 17.0. The predicted molar refractivity (Wildman–Crippen MR) is 106 cm³/mol. The van der Waals surface area contributed by atoms with Gasteiger partial charge in [-0.15, -0.1) is 0 Å². The van der Waals surface area contributed by atoms with Gasteiger partial charge in [-0.2, -0.15) is 5.26 Å². The molecule has 2 aliphatic heterocycles. The van der Waals surface area contributed by atoms with Gasteiger partial charge in [0.25, 0.3) is 5.56 Å². The number of rotatable bonds is 3. The summed E-state index contributed by atoms with van der Waals surface area (Å²) in [6, 6.07) is 14.1. The first-order valence-electron chi connectivity index (χ1n) is 9.67. The molecule has 2 aliphatic rings. The minimum atomic E-state index is 0.0467. The molecule has 1 fully saturated rings. The number of piperidine rings is 1.